The summed E-state index contributed by atoms with van der Waals surface area (Å²) >= 11 is 0. The Hall–Kier alpha value is -3.62. The first-order valence-corrected chi connectivity index (χ1v) is 12.7. The second kappa shape index (κ2) is 14.4. The summed E-state index contributed by atoms with van der Waals surface area (Å²) in [6, 6.07) is 17.0. The summed E-state index contributed by atoms with van der Waals surface area (Å²) in [5.74, 6) is -1.60. The molecule has 0 aliphatic heterocycles. The molecule has 0 spiro atoms. The highest BCUT2D eigenvalue weighted by Gasteiger charge is 2.23. The average Bonchev–Trinajstić information content (AvgIpc) is 2.90. The molecular formula is C30H34F2N2O4. The number of carbonyl (C=O) groups excluding carboxylic acids is 2. The number of hydrogen-bond acceptors (Lipinski definition) is 5. The van der Waals surface area contributed by atoms with Crippen molar-refractivity contribution in [1.29, 1.82) is 0 Å². The van der Waals surface area contributed by atoms with Crippen LogP contribution in [0.25, 0.3) is 0 Å². The molecule has 3 aromatic rings. The Morgan fingerprint density at radius 3 is 2.34 bits per heavy atom. The number of methoxy groups -OCH3 is 1. The third kappa shape index (κ3) is 9.04. The molecule has 0 aliphatic carbocycles. The van der Waals surface area contributed by atoms with E-state index >= 15 is 0 Å². The number of aryl methyl sites for hydroxylation is 1. The Morgan fingerprint density at radius 1 is 0.921 bits per heavy atom. The lowest BCUT2D eigenvalue weighted by Gasteiger charge is -2.25. The fourth-order valence-electron chi connectivity index (χ4n) is 4.18. The molecule has 3 N–H and O–H groups in total. The van der Waals surface area contributed by atoms with Crippen LogP contribution in [-0.4, -0.2) is 42.6 Å². The zero-order chi connectivity index (χ0) is 27.5. The minimum atomic E-state index is -1.05. The zero-order valence-electron chi connectivity index (χ0n) is 21.7. The van der Waals surface area contributed by atoms with Crippen LogP contribution in [0.2, 0.25) is 0 Å². The monoisotopic (exact) mass is 524 g/mol. The summed E-state index contributed by atoms with van der Waals surface area (Å²) in [7, 11) is 1.50. The van der Waals surface area contributed by atoms with E-state index in [0.717, 1.165) is 18.1 Å². The summed E-state index contributed by atoms with van der Waals surface area (Å²) in [6.45, 7) is 2.72. The molecule has 0 saturated carbocycles. The number of aliphatic hydroxyl groups is 1. The van der Waals surface area contributed by atoms with Crippen molar-refractivity contribution in [2.45, 2.75) is 51.3 Å². The maximum absolute atomic E-state index is 13.8. The lowest BCUT2D eigenvalue weighted by molar-refractivity contribution is -0.122. The third-order valence-corrected chi connectivity index (χ3v) is 6.24. The number of nitrogens with one attached hydrogen (secondary N) is 2. The van der Waals surface area contributed by atoms with E-state index in [9.17, 15) is 23.5 Å². The smallest absolute Gasteiger partial charge is 0.220 e. The molecule has 0 aliphatic rings. The number of aliphatic hydroxyl groups excluding tert-OH is 1. The van der Waals surface area contributed by atoms with Crippen LogP contribution in [0.5, 0.6) is 5.75 Å². The van der Waals surface area contributed by atoms with Gasteiger partial charge in [-0.05, 0) is 53.8 Å². The minimum Gasteiger partial charge on any atom is -0.497 e. The Balaban J connectivity index is 1.62. The maximum atomic E-state index is 13.8. The van der Waals surface area contributed by atoms with Crippen molar-refractivity contribution < 1.29 is 28.2 Å². The van der Waals surface area contributed by atoms with Gasteiger partial charge in [0, 0.05) is 37.6 Å². The molecule has 2 atom stereocenters. The Labute approximate surface area is 222 Å². The molecule has 38 heavy (non-hydrogen) atoms. The second-order valence-electron chi connectivity index (χ2n) is 9.18. The van der Waals surface area contributed by atoms with Crippen LogP contribution in [0, 0.1) is 11.6 Å². The van der Waals surface area contributed by atoms with Crippen molar-refractivity contribution in [2.75, 3.05) is 13.7 Å². The largest absolute Gasteiger partial charge is 0.497 e. The molecule has 0 radical (unpaired) electrons. The predicted molar refractivity (Wildman–Crippen MR) is 142 cm³/mol. The average molecular weight is 525 g/mol. The molecule has 1 amide bonds. The number of ketones is 1. The van der Waals surface area contributed by atoms with Gasteiger partial charge in [-0.1, -0.05) is 43.3 Å². The van der Waals surface area contributed by atoms with E-state index in [2.05, 4.69) is 23.6 Å². The van der Waals surface area contributed by atoms with Crippen LogP contribution in [0.15, 0.2) is 66.7 Å². The predicted octanol–water partition coefficient (Wildman–Crippen LogP) is 4.38. The van der Waals surface area contributed by atoms with Gasteiger partial charge in [0.1, 0.15) is 17.4 Å². The molecule has 2 unspecified atom stereocenters. The lowest BCUT2D eigenvalue weighted by Crippen LogP contribution is -2.48. The highest BCUT2D eigenvalue weighted by molar-refractivity contribution is 5.98. The van der Waals surface area contributed by atoms with Crippen molar-refractivity contribution >= 4 is 11.7 Å². The van der Waals surface area contributed by atoms with Gasteiger partial charge in [0.05, 0.1) is 19.3 Å². The van der Waals surface area contributed by atoms with E-state index in [-0.39, 0.29) is 31.6 Å². The van der Waals surface area contributed by atoms with Crippen molar-refractivity contribution in [2.24, 2.45) is 0 Å². The van der Waals surface area contributed by atoms with Gasteiger partial charge in [-0.2, -0.15) is 0 Å². The van der Waals surface area contributed by atoms with Gasteiger partial charge in [0.25, 0.3) is 0 Å². The van der Waals surface area contributed by atoms with Crippen LogP contribution >= 0.6 is 0 Å². The first kappa shape index (κ1) is 28.9. The molecule has 0 heterocycles. The first-order valence-electron chi connectivity index (χ1n) is 12.7. The van der Waals surface area contributed by atoms with E-state index < -0.39 is 29.7 Å². The van der Waals surface area contributed by atoms with Crippen LogP contribution in [-0.2, 0) is 24.2 Å². The molecule has 202 valence electrons. The number of carbonyl (C=O) groups is 2. The molecule has 3 aromatic carbocycles. The van der Waals surface area contributed by atoms with Gasteiger partial charge >= 0.3 is 0 Å². The second-order valence-corrected chi connectivity index (χ2v) is 9.18. The SMILES string of the molecule is CCc1cccc(CNCC(O)C(Cc2cc(F)cc(F)c2)NC(=O)CCC(=O)c2cccc(OC)c2)c1. The Kier molecular flexibility index (Phi) is 10.9. The molecule has 0 fully saturated rings. The first-order chi connectivity index (χ1) is 18.3. The molecule has 6 nitrogen and oxygen atoms in total. The topological polar surface area (TPSA) is 87.7 Å². The van der Waals surface area contributed by atoms with Crippen LogP contribution < -0.4 is 15.4 Å². The van der Waals surface area contributed by atoms with Crippen molar-refractivity contribution in [3.8, 4) is 5.75 Å². The number of rotatable bonds is 14. The normalized spacial score (nSPS) is 12.6. The van der Waals surface area contributed by atoms with Gasteiger partial charge in [-0.15, -0.1) is 0 Å². The fraction of sp³-hybridized carbons (Fsp3) is 0.333. The summed E-state index contributed by atoms with van der Waals surface area (Å²) in [5, 5.41) is 16.8. The summed E-state index contributed by atoms with van der Waals surface area (Å²) in [6.07, 6.45) is -0.266. The molecule has 0 aromatic heterocycles. The lowest BCUT2D eigenvalue weighted by atomic mass is 9.99. The Morgan fingerprint density at radius 2 is 1.63 bits per heavy atom. The summed E-state index contributed by atoms with van der Waals surface area (Å²) in [5.41, 5.74) is 2.99. The highest BCUT2D eigenvalue weighted by Crippen LogP contribution is 2.16. The number of benzene rings is 3. The van der Waals surface area contributed by atoms with Crippen molar-refractivity contribution in [3.05, 3.63) is 101 Å². The van der Waals surface area contributed by atoms with Gasteiger partial charge < -0.3 is 20.5 Å². The van der Waals surface area contributed by atoms with Crippen LogP contribution in [0.1, 0.15) is 46.8 Å². The standard InChI is InChI=1S/C30H34F2N2O4/c1-3-20-6-4-7-21(12-20)18-33-19-29(36)27(15-22-13-24(31)17-25(32)14-22)34-30(37)11-10-28(35)23-8-5-9-26(16-23)38-2/h4-9,12-14,16-17,27,29,33,36H,3,10-11,15,18-19H2,1-2H3,(H,34,37). The summed E-state index contributed by atoms with van der Waals surface area (Å²) in [4.78, 5) is 25.3. The van der Waals surface area contributed by atoms with E-state index in [4.69, 9.17) is 4.74 Å². The number of amides is 1. The summed E-state index contributed by atoms with van der Waals surface area (Å²) < 4.78 is 32.7. The fourth-order valence-corrected chi connectivity index (χ4v) is 4.18. The quantitative estimate of drug-likeness (QED) is 0.273. The Bertz CT molecular complexity index is 1210. The van der Waals surface area contributed by atoms with Gasteiger partial charge in [-0.3, -0.25) is 9.59 Å². The number of ether oxygens (including phenoxy) is 1. The number of halogens is 2. The molecule has 8 heteroatoms. The maximum Gasteiger partial charge on any atom is 0.220 e. The van der Waals surface area contributed by atoms with Crippen molar-refractivity contribution in [1.82, 2.24) is 10.6 Å². The van der Waals surface area contributed by atoms with Crippen LogP contribution in [0.3, 0.4) is 0 Å². The van der Waals surface area contributed by atoms with E-state index in [0.29, 0.717) is 23.4 Å². The van der Waals surface area contributed by atoms with Crippen molar-refractivity contribution in [3.63, 3.8) is 0 Å². The molecule has 0 saturated heterocycles. The van der Waals surface area contributed by atoms with E-state index in [1.165, 1.54) is 24.8 Å². The number of Topliss-reactive ketones (excluding diaryl/α,β-unsaturated/α-hetero) is 1. The molecular weight excluding hydrogens is 490 g/mol. The van der Waals surface area contributed by atoms with E-state index in [1.54, 1.807) is 24.3 Å². The zero-order valence-corrected chi connectivity index (χ0v) is 21.7. The minimum absolute atomic E-state index is 0.0123. The van der Waals surface area contributed by atoms with Gasteiger partial charge in [0.2, 0.25) is 5.91 Å². The molecule has 0 bridgehead atoms. The third-order valence-electron chi connectivity index (χ3n) is 6.24. The highest BCUT2D eigenvalue weighted by atomic mass is 19.1. The van der Waals surface area contributed by atoms with Gasteiger partial charge in [0.15, 0.2) is 5.78 Å². The molecule has 3 rings (SSSR count). The van der Waals surface area contributed by atoms with E-state index in [1.807, 2.05) is 18.2 Å². The van der Waals surface area contributed by atoms with Crippen LogP contribution in [0.4, 0.5) is 8.78 Å². The number of hydrogen-bond donors (Lipinski definition) is 3. The van der Waals surface area contributed by atoms with Gasteiger partial charge in [-0.25, -0.2) is 8.78 Å².